The van der Waals surface area contributed by atoms with Crippen molar-refractivity contribution in [3.63, 3.8) is 0 Å². The first kappa shape index (κ1) is 38.9. The van der Waals surface area contributed by atoms with Crippen LogP contribution in [0.5, 0.6) is 23.0 Å². The molecule has 1 aliphatic heterocycles. The number of benzene rings is 3. The van der Waals surface area contributed by atoms with Gasteiger partial charge in [0, 0.05) is 61.2 Å². The van der Waals surface area contributed by atoms with E-state index in [9.17, 15) is 18.0 Å². The number of aromatic nitrogens is 6. The molecule has 1 saturated heterocycles. The zero-order valence-corrected chi connectivity index (χ0v) is 30.3. The first-order chi connectivity index (χ1) is 28.1. The van der Waals surface area contributed by atoms with Gasteiger partial charge in [0.2, 0.25) is 12.8 Å². The topological polar surface area (TPSA) is 202 Å². The Morgan fingerprint density at radius 2 is 1.26 bits per heavy atom. The van der Waals surface area contributed by atoms with Crippen LogP contribution in [0.1, 0.15) is 11.1 Å². The Labute approximate surface area is 327 Å². The lowest BCUT2D eigenvalue weighted by Gasteiger charge is -2.27. The van der Waals surface area contributed by atoms with Crippen LogP contribution in [0.3, 0.4) is 0 Å². The van der Waals surface area contributed by atoms with E-state index in [2.05, 4.69) is 41.0 Å². The summed E-state index contributed by atoms with van der Waals surface area (Å²) in [5, 5.41) is 20.0. The normalized spacial score (nSPS) is 12.9. The minimum absolute atomic E-state index is 0.0419. The summed E-state index contributed by atoms with van der Waals surface area (Å²) >= 11 is 0. The fourth-order valence-electron chi connectivity index (χ4n) is 5.50. The SMILES string of the molecule is Nc1ccc(Oc2ccnc(-c3nnco3)c2)cc1.O=C(Nc1ccc(Oc2ccnc(-c3nnco3)c2)cc1)Nc1cc(CN2CCOCC2)cc(C(F)(F)F)c1. The molecule has 296 valence electrons. The van der Waals surface area contributed by atoms with E-state index < -0.39 is 17.8 Å². The minimum Gasteiger partial charge on any atom is -0.457 e. The van der Waals surface area contributed by atoms with Crippen LogP contribution in [0.15, 0.2) is 125 Å². The van der Waals surface area contributed by atoms with Crippen molar-refractivity contribution in [1.29, 1.82) is 0 Å². The number of carbonyl (C=O) groups excluding carboxylic acids is 1. The van der Waals surface area contributed by atoms with Gasteiger partial charge in [0.05, 0.1) is 18.8 Å². The van der Waals surface area contributed by atoms with E-state index in [-0.39, 0.29) is 11.6 Å². The molecule has 7 aromatic rings. The van der Waals surface area contributed by atoms with Crippen molar-refractivity contribution in [3.05, 3.63) is 127 Å². The van der Waals surface area contributed by atoms with Gasteiger partial charge in [-0.05, 0) is 84.4 Å². The highest BCUT2D eigenvalue weighted by molar-refractivity contribution is 5.99. The molecule has 4 aromatic heterocycles. The van der Waals surface area contributed by atoms with Crippen LogP contribution in [-0.4, -0.2) is 67.6 Å². The molecule has 4 N–H and O–H groups in total. The number of nitrogen functional groups attached to an aromatic ring is 1. The zero-order chi connectivity index (χ0) is 40.3. The van der Waals surface area contributed by atoms with Crippen LogP contribution in [0, 0.1) is 0 Å². The predicted molar refractivity (Wildman–Crippen MR) is 203 cm³/mol. The highest BCUT2D eigenvalue weighted by Gasteiger charge is 2.31. The number of nitrogens with one attached hydrogen (secondary N) is 2. The van der Waals surface area contributed by atoms with Crippen LogP contribution in [0.2, 0.25) is 0 Å². The van der Waals surface area contributed by atoms with E-state index in [0.29, 0.717) is 90.1 Å². The molecule has 19 heteroatoms. The molecular weight excluding hydrogens is 761 g/mol. The van der Waals surface area contributed by atoms with E-state index in [0.717, 1.165) is 12.1 Å². The van der Waals surface area contributed by atoms with Gasteiger partial charge in [-0.1, -0.05) is 0 Å². The second-order valence-electron chi connectivity index (χ2n) is 12.4. The maximum atomic E-state index is 13.5. The number of halogens is 3. The van der Waals surface area contributed by atoms with Gasteiger partial charge in [-0.3, -0.25) is 14.9 Å². The molecule has 8 rings (SSSR count). The third kappa shape index (κ3) is 10.9. The van der Waals surface area contributed by atoms with E-state index in [1.165, 1.54) is 19.0 Å². The van der Waals surface area contributed by atoms with Gasteiger partial charge < -0.3 is 39.4 Å². The molecule has 5 heterocycles. The van der Waals surface area contributed by atoms with Gasteiger partial charge in [-0.15, -0.1) is 20.4 Å². The van der Waals surface area contributed by atoms with Crippen molar-refractivity contribution in [2.75, 3.05) is 42.7 Å². The third-order valence-corrected chi connectivity index (χ3v) is 8.17. The second-order valence-corrected chi connectivity index (χ2v) is 12.4. The van der Waals surface area contributed by atoms with Crippen LogP contribution >= 0.6 is 0 Å². The van der Waals surface area contributed by atoms with Gasteiger partial charge in [-0.2, -0.15) is 13.2 Å². The van der Waals surface area contributed by atoms with Gasteiger partial charge in [-0.25, -0.2) is 4.79 Å². The number of nitrogens with zero attached hydrogens (tertiary/aromatic N) is 7. The fourth-order valence-corrected chi connectivity index (χ4v) is 5.50. The zero-order valence-electron chi connectivity index (χ0n) is 30.3. The molecule has 0 saturated carbocycles. The molecule has 0 atom stereocenters. The Bertz CT molecular complexity index is 2390. The third-order valence-electron chi connectivity index (χ3n) is 8.17. The summed E-state index contributed by atoms with van der Waals surface area (Å²) in [7, 11) is 0. The minimum atomic E-state index is -4.55. The van der Waals surface area contributed by atoms with E-state index in [1.54, 1.807) is 85.1 Å². The van der Waals surface area contributed by atoms with Crippen LogP contribution in [0.25, 0.3) is 23.2 Å². The van der Waals surface area contributed by atoms with Crippen LogP contribution in [-0.2, 0) is 17.5 Å². The van der Waals surface area contributed by atoms with Gasteiger partial charge in [0.25, 0.3) is 11.8 Å². The number of morpholine rings is 1. The van der Waals surface area contributed by atoms with Crippen molar-refractivity contribution in [2.24, 2.45) is 0 Å². The van der Waals surface area contributed by atoms with E-state index in [1.807, 2.05) is 4.90 Å². The van der Waals surface area contributed by atoms with Crippen molar-refractivity contribution in [1.82, 2.24) is 35.3 Å². The van der Waals surface area contributed by atoms with E-state index >= 15 is 0 Å². The number of nitrogens with two attached hydrogens (primary N) is 1. The summed E-state index contributed by atoms with van der Waals surface area (Å²) in [6.45, 7) is 2.62. The van der Waals surface area contributed by atoms with Gasteiger partial charge in [0.15, 0.2) is 0 Å². The van der Waals surface area contributed by atoms with E-state index in [4.69, 9.17) is 28.8 Å². The number of hydrogen-bond donors (Lipinski definition) is 3. The lowest BCUT2D eigenvalue weighted by molar-refractivity contribution is -0.137. The van der Waals surface area contributed by atoms with Crippen molar-refractivity contribution < 1.29 is 41.0 Å². The number of anilines is 3. The molecule has 0 unspecified atom stereocenters. The lowest BCUT2D eigenvalue weighted by Crippen LogP contribution is -2.35. The first-order valence-electron chi connectivity index (χ1n) is 17.5. The maximum Gasteiger partial charge on any atom is 0.416 e. The lowest BCUT2D eigenvalue weighted by atomic mass is 10.1. The Balaban J connectivity index is 0.000000224. The van der Waals surface area contributed by atoms with Crippen molar-refractivity contribution >= 4 is 23.1 Å². The largest absolute Gasteiger partial charge is 0.457 e. The summed E-state index contributed by atoms with van der Waals surface area (Å²) in [5.74, 6) is 2.89. The average Bonchev–Trinajstić information content (AvgIpc) is 3.97. The smallest absolute Gasteiger partial charge is 0.416 e. The molecule has 0 radical (unpaired) electrons. The second kappa shape index (κ2) is 18.0. The number of carbonyl (C=O) groups is 1. The summed E-state index contributed by atoms with van der Waals surface area (Å²) in [6.07, 6.45) is 1.06. The first-order valence-corrected chi connectivity index (χ1v) is 17.5. The van der Waals surface area contributed by atoms with Crippen molar-refractivity contribution in [3.8, 4) is 46.2 Å². The maximum absolute atomic E-state index is 13.5. The van der Waals surface area contributed by atoms with Crippen LogP contribution in [0.4, 0.5) is 35.0 Å². The number of alkyl halides is 3. The molecule has 3 aromatic carbocycles. The molecule has 1 aliphatic rings. The molecule has 0 spiro atoms. The summed E-state index contributed by atoms with van der Waals surface area (Å²) < 4.78 is 67.6. The Kier molecular flexibility index (Phi) is 12.1. The molecular formula is C39H33F3N10O6. The number of ether oxygens (including phenoxy) is 3. The quantitative estimate of drug-likeness (QED) is 0.113. The standard InChI is InChI=1S/C26H23F3N6O4.C13H10N4O2/c27-26(28,29)18-11-17(15-35-7-9-37-10-8-35)12-20(13-18)33-25(36)32-19-1-3-21(4-2-19)39-22-5-6-30-23(14-22)24-34-31-16-38-24;14-9-1-3-10(4-2-9)19-11-5-6-15-12(7-11)13-17-16-8-18-13/h1-6,11-14,16H,7-10,15H2,(H2,32,33,36);1-8H,14H2. The summed E-state index contributed by atoms with van der Waals surface area (Å²) in [4.78, 5) is 22.9. The van der Waals surface area contributed by atoms with Gasteiger partial charge in [0.1, 0.15) is 34.4 Å². The molecule has 16 nitrogen and oxygen atoms in total. The molecule has 2 amide bonds. The molecule has 1 fully saturated rings. The molecule has 0 aliphatic carbocycles. The Morgan fingerprint density at radius 1 is 0.707 bits per heavy atom. The fraction of sp³-hybridized carbons (Fsp3) is 0.154. The highest BCUT2D eigenvalue weighted by atomic mass is 19.4. The predicted octanol–water partition coefficient (Wildman–Crippen LogP) is 7.93. The Hall–Kier alpha value is -7.38. The number of rotatable bonds is 10. The molecule has 0 bridgehead atoms. The number of hydrogen-bond acceptors (Lipinski definition) is 14. The number of pyridine rings is 2. The summed E-state index contributed by atoms with van der Waals surface area (Å²) in [6, 6.07) is 23.2. The van der Waals surface area contributed by atoms with Gasteiger partial charge >= 0.3 is 12.2 Å². The van der Waals surface area contributed by atoms with Crippen LogP contribution < -0.4 is 25.8 Å². The number of urea groups is 1. The van der Waals surface area contributed by atoms with Crippen molar-refractivity contribution in [2.45, 2.75) is 12.7 Å². The summed E-state index contributed by atoms with van der Waals surface area (Å²) in [5.41, 5.74) is 7.39. The number of amides is 2. The monoisotopic (exact) mass is 794 g/mol. The highest BCUT2D eigenvalue weighted by Crippen LogP contribution is 2.33. The Morgan fingerprint density at radius 3 is 1.79 bits per heavy atom. The average molecular weight is 795 g/mol. The molecule has 58 heavy (non-hydrogen) atoms.